The van der Waals surface area contributed by atoms with Gasteiger partial charge in [-0.1, -0.05) is 24.3 Å². The van der Waals surface area contributed by atoms with Crippen LogP contribution in [0.5, 0.6) is 0 Å². The van der Waals surface area contributed by atoms with Gasteiger partial charge in [0.2, 0.25) is 11.8 Å². The van der Waals surface area contributed by atoms with E-state index in [4.69, 9.17) is 0 Å². The molecule has 32 heavy (non-hydrogen) atoms. The molecule has 5 rings (SSSR count). The molecule has 2 aromatic heterocycles. The summed E-state index contributed by atoms with van der Waals surface area (Å²) in [5.41, 5.74) is 2.18. The molecule has 2 aliphatic rings. The Morgan fingerprint density at radius 3 is 2.84 bits per heavy atom. The number of anilines is 1. The zero-order valence-electron chi connectivity index (χ0n) is 18.2. The first-order chi connectivity index (χ1) is 15.6. The second kappa shape index (κ2) is 8.22. The van der Waals surface area contributed by atoms with Gasteiger partial charge in [-0.3, -0.25) is 14.6 Å². The van der Waals surface area contributed by atoms with E-state index in [1.54, 1.807) is 12.4 Å². The number of para-hydroxylation sites is 1. The summed E-state index contributed by atoms with van der Waals surface area (Å²) in [7, 11) is 1.92. The number of imidazole rings is 1. The van der Waals surface area contributed by atoms with E-state index in [1.807, 2.05) is 59.2 Å². The van der Waals surface area contributed by atoms with Crippen molar-refractivity contribution < 1.29 is 9.59 Å². The fraction of sp³-hybridized carbons (Fsp3) is 0.360. The number of rotatable bonds is 6. The SMILES string of the molecule is Cn1ccnc1[C@@H]1N(C(=O)CCCCc2cccnc2)CC[C@]12C(=O)Nc1ccccc12. The smallest absolute Gasteiger partial charge is 0.237 e. The Balaban J connectivity index is 1.39. The van der Waals surface area contributed by atoms with Crippen molar-refractivity contribution in [1.82, 2.24) is 19.4 Å². The monoisotopic (exact) mass is 429 g/mol. The highest BCUT2D eigenvalue weighted by Crippen LogP contribution is 2.54. The molecular formula is C25H27N5O2. The molecule has 0 unspecified atom stereocenters. The number of hydrogen-bond acceptors (Lipinski definition) is 4. The maximum Gasteiger partial charge on any atom is 0.237 e. The van der Waals surface area contributed by atoms with Crippen LogP contribution in [0.1, 0.15) is 48.7 Å². The lowest BCUT2D eigenvalue weighted by Gasteiger charge is -2.33. The van der Waals surface area contributed by atoms with Crippen LogP contribution in [0.15, 0.2) is 61.2 Å². The number of fused-ring (bicyclic) bond motifs is 2. The first kappa shape index (κ1) is 20.4. The highest BCUT2D eigenvalue weighted by Gasteiger charge is 2.60. The second-order valence-electron chi connectivity index (χ2n) is 8.68. The fourth-order valence-corrected chi connectivity index (χ4v) is 5.25. The van der Waals surface area contributed by atoms with E-state index in [-0.39, 0.29) is 11.8 Å². The molecule has 7 nitrogen and oxygen atoms in total. The van der Waals surface area contributed by atoms with E-state index in [2.05, 4.69) is 21.4 Å². The van der Waals surface area contributed by atoms with Gasteiger partial charge >= 0.3 is 0 Å². The number of amides is 2. The molecule has 4 heterocycles. The molecule has 7 heteroatoms. The van der Waals surface area contributed by atoms with Gasteiger partial charge in [0.15, 0.2) is 0 Å². The second-order valence-corrected chi connectivity index (χ2v) is 8.68. The molecule has 1 spiro atoms. The zero-order valence-corrected chi connectivity index (χ0v) is 18.2. The van der Waals surface area contributed by atoms with E-state index >= 15 is 0 Å². The van der Waals surface area contributed by atoms with Crippen molar-refractivity contribution in [2.24, 2.45) is 7.05 Å². The first-order valence-corrected chi connectivity index (χ1v) is 11.2. The molecule has 3 aromatic rings. The summed E-state index contributed by atoms with van der Waals surface area (Å²) in [6.07, 6.45) is 10.9. The summed E-state index contributed by atoms with van der Waals surface area (Å²) in [6, 6.07) is 11.4. The Morgan fingerprint density at radius 2 is 2.06 bits per heavy atom. The number of unbranched alkanes of at least 4 members (excludes halogenated alkanes) is 1. The average molecular weight is 430 g/mol. The van der Waals surface area contributed by atoms with Crippen LogP contribution in [-0.4, -0.2) is 37.8 Å². The van der Waals surface area contributed by atoms with Crippen molar-refractivity contribution in [3.05, 3.63) is 78.1 Å². The van der Waals surface area contributed by atoms with Crippen LogP contribution >= 0.6 is 0 Å². The van der Waals surface area contributed by atoms with E-state index in [9.17, 15) is 9.59 Å². The van der Waals surface area contributed by atoms with E-state index in [1.165, 1.54) is 5.56 Å². The minimum Gasteiger partial charge on any atom is -0.336 e. The van der Waals surface area contributed by atoms with Gasteiger partial charge in [-0.15, -0.1) is 0 Å². The summed E-state index contributed by atoms with van der Waals surface area (Å²) < 4.78 is 1.93. The number of benzene rings is 1. The Kier molecular flexibility index (Phi) is 5.25. The number of aromatic nitrogens is 3. The van der Waals surface area contributed by atoms with Crippen LogP contribution in [0.4, 0.5) is 5.69 Å². The van der Waals surface area contributed by atoms with Crippen LogP contribution < -0.4 is 5.32 Å². The molecule has 0 radical (unpaired) electrons. The fourth-order valence-electron chi connectivity index (χ4n) is 5.25. The summed E-state index contributed by atoms with van der Waals surface area (Å²) >= 11 is 0. The number of carbonyl (C=O) groups is 2. The van der Waals surface area contributed by atoms with Crippen molar-refractivity contribution in [3.63, 3.8) is 0 Å². The molecule has 164 valence electrons. The normalized spacial score (nSPS) is 21.7. The Labute approximate surface area is 187 Å². The van der Waals surface area contributed by atoms with Gasteiger partial charge in [-0.2, -0.15) is 0 Å². The van der Waals surface area contributed by atoms with Crippen LogP contribution in [0.2, 0.25) is 0 Å². The Bertz CT molecular complexity index is 1140. The van der Waals surface area contributed by atoms with Crippen molar-refractivity contribution in [2.45, 2.75) is 43.6 Å². The standard InChI is InChI=1S/C25H27N5O2/c1-29-16-14-27-23(29)22-25(19-9-3-4-10-20(19)28-24(25)32)12-15-30(22)21(31)11-5-2-7-18-8-6-13-26-17-18/h3-4,6,8-10,13-14,16-17,22H,2,5,7,11-12,15H2,1H3,(H,28,32)/t22-,25+/m0/s1. The average Bonchev–Trinajstić information content (AvgIpc) is 3.48. The van der Waals surface area contributed by atoms with Gasteiger partial charge in [0.05, 0.1) is 0 Å². The summed E-state index contributed by atoms with van der Waals surface area (Å²) in [4.78, 5) is 37.4. The van der Waals surface area contributed by atoms with Gasteiger partial charge in [-0.05, 0) is 48.9 Å². The number of carbonyl (C=O) groups excluding carboxylic acids is 2. The minimum absolute atomic E-state index is 0.0430. The van der Waals surface area contributed by atoms with Crippen molar-refractivity contribution >= 4 is 17.5 Å². The number of nitrogens with one attached hydrogen (secondary N) is 1. The molecule has 2 aliphatic heterocycles. The molecule has 2 amide bonds. The topological polar surface area (TPSA) is 80.1 Å². The molecular weight excluding hydrogens is 402 g/mol. The van der Waals surface area contributed by atoms with Crippen LogP contribution in [-0.2, 0) is 28.5 Å². The number of aryl methyl sites for hydroxylation is 2. The molecule has 1 N–H and O–H groups in total. The van der Waals surface area contributed by atoms with Crippen molar-refractivity contribution in [3.8, 4) is 0 Å². The molecule has 0 aliphatic carbocycles. The summed E-state index contributed by atoms with van der Waals surface area (Å²) in [5, 5.41) is 3.05. The van der Waals surface area contributed by atoms with E-state index in [0.717, 1.165) is 36.3 Å². The third-order valence-corrected chi connectivity index (χ3v) is 6.84. The van der Waals surface area contributed by atoms with Crippen molar-refractivity contribution in [2.75, 3.05) is 11.9 Å². The van der Waals surface area contributed by atoms with Crippen LogP contribution in [0, 0.1) is 0 Å². The van der Waals surface area contributed by atoms with Crippen LogP contribution in [0.25, 0.3) is 0 Å². The molecule has 0 bridgehead atoms. The molecule has 2 atom stereocenters. The van der Waals surface area contributed by atoms with Gasteiger partial charge in [0, 0.05) is 50.5 Å². The van der Waals surface area contributed by atoms with Gasteiger partial charge in [0.25, 0.3) is 0 Å². The lowest BCUT2D eigenvalue weighted by Crippen LogP contribution is -2.43. The maximum atomic E-state index is 13.4. The number of hydrogen-bond donors (Lipinski definition) is 1. The van der Waals surface area contributed by atoms with E-state index in [0.29, 0.717) is 19.4 Å². The highest BCUT2D eigenvalue weighted by atomic mass is 16.2. The predicted octanol–water partition coefficient (Wildman–Crippen LogP) is 3.39. The third-order valence-electron chi connectivity index (χ3n) is 6.84. The maximum absolute atomic E-state index is 13.4. The van der Waals surface area contributed by atoms with Crippen LogP contribution in [0.3, 0.4) is 0 Å². The number of likely N-dealkylation sites (tertiary alicyclic amines) is 1. The number of nitrogens with zero attached hydrogens (tertiary/aromatic N) is 4. The first-order valence-electron chi connectivity index (χ1n) is 11.2. The summed E-state index contributed by atoms with van der Waals surface area (Å²) in [6.45, 7) is 0.542. The van der Waals surface area contributed by atoms with E-state index < -0.39 is 11.5 Å². The molecule has 0 saturated carbocycles. The zero-order chi connectivity index (χ0) is 22.1. The van der Waals surface area contributed by atoms with Gasteiger partial charge in [-0.25, -0.2) is 4.98 Å². The van der Waals surface area contributed by atoms with Gasteiger partial charge < -0.3 is 14.8 Å². The van der Waals surface area contributed by atoms with Crippen molar-refractivity contribution in [1.29, 1.82) is 0 Å². The lowest BCUT2D eigenvalue weighted by molar-refractivity contribution is -0.133. The molecule has 1 saturated heterocycles. The third kappa shape index (κ3) is 3.28. The largest absolute Gasteiger partial charge is 0.336 e. The minimum atomic E-state index is -0.804. The predicted molar refractivity (Wildman–Crippen MR) is 121 cm³/mol. The van der Waals surface area contributed by atoms with Gasteiger partial charge in [0.1, 0.15) is 17.3 Å². The Morgan fingerprint density at radius 1 is 1.19 bits per heavy atom. The molecule has 1 fully saturated rings. The quantitative estimate of drug-likeness (QED) is 0.609. The lowest BCUT2D eigenvalue weighted by atomic mass is 9.74. The summed E-state index contributed by atoms with van der Waals surface area (Å²) in [5.74, 6) is 0.787. The Hall–Kier alpha value is -3.48. The number of pyridine rings is 1. The highest BCUT2D eigenvalue weighted by molar-refractivity contribution is 6.07. The molecule has 1 aromatic carbocycles.